The molecular formula is C25H33N5O2. The van der Waals surface area contributed by atoms with Crippen LogP contribution in [0.4, 0.5) is 5.69 Å². The lowest BCUT2D eigenvalue weighted by Gasteiger charge is -2.18. The number of aliphatic imine (C=N–C) groups is 1. The Morgan fingerprint density at radius 1 is 1.03 bits per heavy atom. The maximum Gasteiger partial charge on any atom is 0.223 e. The highest BCUT2D eigenvalue weighted by Gasteiger charge is 2.29. The second-order valence-electron chi connectivity index (χ2n) is 8.15. The molecule has 2 amide bonds. The fraction of sp³-hybridized carbons (Fsp3) is 0.400. The summed E-state index contributed by atoms with van der Waals surface area (Å²) in [6.45, 7) is 4.52. The van der Waals surface area contributed by atoms with E-state index >= 15 is 0 Å². The fourth-order valence-electron chi connectivity index (χ4n) is 3.86. The maximum absolute atomic E-state index is 12.4. The van der Waals surface area contributed by atoms with Crippen molar-refractivity contribution in [2.24, 2.45) is 10.9 Å². The molecule has 3 N–H and O–H groups in total. The first-order chi connectivity index (χ1) is 15.5. The van der Waals surface area contributed by atoms with Gasteiger partial charge < -0.3 is 20.9 Å². The third-order valence-electron chi connectivity index (χ3n) is 5.57. The third kappa shape index (κ3) is 7.41. The van der Waals surface area contributed by atoms with Gasteiger partial charge in [-0.3, -0.25) is 14.6 Å². The molecule has 0 aromatic heterocycles. The summed E-state index contributed by atoms with van der Waals surface area (Å²) in [5.74, 6) is 1.20. The molecule has 0 bridgehead atoms. The Morgan fingerprint density at radius 3 is 2.44 bits per heavy atom. The van der Waals surface area contributed by atoms with Gasteiger partial charge in [-0.25, -0.2) is 0 Å². The van der Waals surface area contributed by atoms with Crippen molar-refractivity contribution in [2.75, 3.05) is 38.5 Å². The van der Waals surface area contributed by atoms with Crippen LogP contribution in [0.5, 0.6) is 0 Å². The predicted molar refractivity (Wildman–Crippen MR) is 129 cm³/mol. The number of likely N-dealkylation sites (tertiary alicyclic amines) is 1. The molecule has 0 aliphatic carbocycles. The molecule has 1 fully saturated rings. The van der Waals surface area contributed by atoms with Gasteiger partial charge in [-0.2, -0.15) is 0 Å². The minimum absolute atomic E-state index is 0.0717. The predicted octanol–water partition coefficient (Wildman–Crippen LogP) is 2.44. The molecule has 0 radical (unpaired) electrons. The number of carbonyl (C=O) groups excluding carboxylic acids is 2. The van der Waals surface area contributed by atoms with Crippen LogP contribution >= 0.6 is 0 Å². The maximum atomic E-state index is 12.4. The van der Waals surface area contributed by atoms with Crippen molar-refractivity contribution in [2.45, 2.75) is 26.2 Å². The van der Waals surface area contributed by atoms with Crippen LogP contribution < -0.4 is 16.0 Å². The van der Waals surface area contributed by atoms with E-state index < -0.39 is 0 Å². The third-order valence-corrected chi connectivity index (χ3v) is 5.57. The van der Waals surface area contributed by atoms with Crippen molar-refractivity contribution in [1.82, 2.24) is 15.5 Å². The number of carbonyl (C=O) groups is 2. The Morgan fingerprint density at radius 2 is 1.75 bits per heavy atom. The summed E-state index contributed by atoms with van der Waals surface area (Å²) in [5, 5.41) is 9.45. The molecule has 170 valence electrons. The Kier molecular flexibility index (Phi) is 8.66. The van der Waals surface area contributed by atoms with E-state index in [1.807, 2.05) is 47.4 Å². The molecule has 1 saturated heterocycles. The minimum Gasteiger partial charge on any atom is -0.356 e. The van der Waals surface area contributed by atoms with E-state index in [1.54, 1.807) is 7.05 Å². The van der Waals surface area contributed by atoms with Crippen LogP contribution in [-0.4, -0.2) is 55.9 Å². The van der Waals surface area contributed by atoms with Crippen LogP contribution in [0.3, 0.4) is 0 Å². The van der Waals surface area contributed by atoms with Gasteiger partial charge in [0.2, 0.25) is 11.8 Å². The summed E-state index contributed by atoms with van der Waals surface area (Å²) in [4.78, 5) is 29.7. The highest BCUT2D eigenvalue weighted by Crippen LogP contribution is 2.17. The highest BCUT2D eigenvalue weighted by atomic mass is 16.2. The standard InChI is InChI=1S/C25H33N5O2/c1-19(31)29-23-10-8-21(9-11-23)12-14-27-25(26-2)28-17-22-16-24(32)30(18-22)15-13-20-6-4-3-5-7-20/h3-11,22H,12-18H2,1-2H3,(H,29,31)(H2,26,27,28). The van der Waals surface area contributed by atoms with Gasteiger partial charge in [0.15, 0.2) is 5.96 Å². The zero-order valence-corrected chi connectivity index (χ0v) is 18.9. The average Bonchev–Trinajstić information content (AvgIpc) is 3.15. The van der Waals surface area contributed by atoms with E-state index in [0.717, 1.165) is 50.7 Å². The molecule has 32 heavy (non-hydrogen) atoms. The fourth-order valence-corrected chi connectivity index (χ4v) is 3.86. The summed E-state index contributed by atoms with van der Waals surface area (Å²) in [7, 11) is 1.75. The molecule has 3 rings (SSSR count). The van der Waals surface area contributed by atoms with E-state index in [4.69, 9.17) is 0 Å². The molecule has 1 heterocycles. The summed E-state index contributed by atoms with van der Waals surface area (Å²) in [6.07, 6.45) is 2.32. The first-order valence-corrected chi connectivity index (χ1v) is 11.2. The summed E-state index contributed by atoms with van der Waals surface area (Å²) in [5.41, 5.74) is 3.24. The van der Waals surface area contributed by atoms with Crippen LogP contribution in [0.25, 0.3) is 0 Å². The molecule has 7 nitrogen and oxygen atoms in total. The summed E-state index contributed by atoms with van der Waals surface area (Å²) in [6, 6.07) is 18.1. The van der Waals surface area contributed by atoms with Gasteiger partial charge in [0.05, 0.1) is 0 Å². The van der Waals surface area contributed by atoms with Crippen molar-refractivity contribution in [3.8, 4) is 0 Å². The number of hydrogen-bond acceptors (Lipinski definition) is 3. The van der Waals surface area contributed by atoms with Crippen molar-refractivity contribution < 1.29 is 9.59 Å². The average molecular weight is 436 g/mol. The Labute approximate surface area is 190 Å². The van der Waals surface area contributed by atoms with E-state index in [0.29, 0.717) is 6.42 Å². The largest absolute Gasteiger partial charge is 0.356 e. The molecule has 7 heteroatoms. The number of rotatable bonds is 9. The second kappa shape index (κ2) is 11.9. The van der Waals surface area contributed by atoms with E-state index in [9.17, 15) is 9.59 Å². The lowest BCUT2D eigenvalue weighted by molar-refractivity contribution is -0.127. The van der Waals surface area contributed by atoms with Gasteiger partial charge in [0, 0.05) is 58.2 Å². The number of amides is 2. The lowest BCUT2D eigenvalue weighted by Crippen LogP contribution is -2.41. The van der Waals surface area contributed by atoms with Gasteiger partial charge in [-0.1, -0.05) is 42.5 Å². The van der Waals surface area contributed by atoms with Crippen LogP contribution in [0.1, 0.15) is 24.5 Å². The van der Waals surface area contributed by atoms with Crippen LogP contribution in [0.2, 0.25) is 0 Å². The number of nitrogens with zero attached hydrogens (tertiary/aromatic N) is 2. The van der Waals surface area contributed by atoms with Crippen molar-refractivity contribution in [1.29, 1.82) is 0 Å². The van der Waals surface area contributed by atoms with Crippen molar-refractivity contribution >= 4 is 23.5 Å². The highest BCUT2D eigenvalue weighted by molar-refractivity contribution is 5.88. The second-order valence-corrected chi connectivity index (χ2v) is 8.15. The molecule has 1 aliphatic heterocycles. The smallest absolute Gasteiger partial charge is 0.223 e. The first kappa shape index (κ1) is 23.3. The number of benzene rings is 2. The molecule has 2 aromatic carbocycles. The summed E-state index contributed by atoms with van der Waals surface area (Å²) < 4.78 is 0. The zero-order chi connectivity index (χ0) is 22.8. The monoisotopic (exact) mass is 435 g/mol. The van der Waals surface area contributed by atoms with Gasteiger partial charge >= 0.3 is 0 Å². The first-order valence-electron chi connectivity index (χ1n) is 11.2. The van der Waals surface area contributed by atoms with E-state index in [1.165, 1.54) is 18.1 Å². The quantitative estimate of drug-likeness (QED) is 0.417. The van der Waals surface area contributed by atoms with E-state index in [-0.39, 0.29) is 17.7 Å². The number of anilines is 1. The minimum atomic E-state index is -0.0717. The molecule has 2 aromatic rings. The molecule has 1 unspecified atom stereocenters. The Bertz CT molecular complexity index is 912. The lowest BCUT2D eigenvalue weighted by atomic mass is 10.1. The van der Waals surface area contributed by atoms with Crippen LogP contribution in [0, 0.1) is 5.92 Å². The number of nitrogens with one attached hydrogen (secondary N) is 3. The molecule has 1 aliphatic rings. The SMILES string of the molecule is CN=C(NCCc1ccc(NC(C)=O)cc1)NCC1CC(=O)N(CCc2ccccc2)C1. The van der Waals surface area contributed by atoms with E-state index in [2.05, 4.69) is 33.1 Å². The van der Waals surface area contributed by atoms with Crippen LogP contribution in [-0.2, 0) is 22.4 Å². The van der Waals surface area contributed by atoms with Crippen molar-refractivity contribution in [3.05, 3.63) is 65.7 Å². The Hall–Kier alpha value is -3.35. The van der Waals surface area contributed by atoms with Crippen LogP contribution in [0.15, 0.2) is 59.6 Å². The molecule has 0 saturated carbocycles. The summed E-state index contributed by atoms with van der Waals surface area (Å²) >= 11 is 0. The number of hydrogen-bond donors (Lipinski definition) is 3. The van der Waals surface area contributed by atoms with Gasteiger partial charge in [0.25, 0.3) is 0 Å². The zero-order valence-electron chi connectivity index (χ0n) is 18.9. The topological polar surface area (TPSA) is 85.8 Å². The van der Waals surface area contributed by atoms with Gasteiger partial charge in [0.1, 0.15) is 0 Å². The molecule has 0 spiro atoms. The molecular weight excluding hydrogens is 402 g/mol. The number of guanidine groups is 1. The van der Waals surface area contributed by atoms with Crippen molar-refractivity contribution in [3.63, 3.8) is 0 Å². The normalized spacial score (nSPS) is 16.2. The van der Waals surface area contributed by atoms with Gasteiger partial charge in [-0.05, 0) is 36.1 Å². The Balaban J connectivity index is 1.36. The van der Waals surface area contributed by atoms with Gasteiger partial charge in [-0.15, -0.1) is 0 Å². The molecule has 1 atom stereocenters.